The molecule has 0 unspecified atom stereocenters. The summed E-state index contributed by atoms with van der Waals surface area (Å²) in [6.45, 7) is 0. The first-order chi connectivity index (χ1) is 11.8. The van der Waals surface area contributed by atoms with Crippen molar-refractivity contribution in [2.24, 2.45) is 0 Å². The maximum atomic E-state index is 6.14. The van der Waals surface area contributed by atoms with Crippen LogP contribution in [0.15, 0.2) is 59.0 Å². The first-order valence-corrected chi connectivity index (χ1v) is 8.01. The van der Waals surface area contributed by atoms with Crippen LogP contribution < -0.4 is 9.47 Å². The lowest BCUT2D eigenvalue weighted by atomic mass is 10.0. The Morgan fingerprint density at radius 3 is 1.83 bits per heavy atom. The summed E-state index contributed by atoms with van der Waals surface area (Å²) in [5, 5.41) is 4.84. The SMILES string of the molecule is Clc1ccc2c(c1)c1oc2c2cc3c(cc21)Oc1ccccc1O3. The van der Waals surface area contributed by atoms with Gasteiger partial charge in [-0.1, -0.05) is 23.7 Å². The Labute approximate surface area is 141 Å². The fraction of sp³-hybridized carbons (Fsp3) is 0. The third-order valence-corrected chi connectivity index (χ3v) is 4.77. The van der Waals surface area contributed by atoms with Gasteiger partial charge in [-0.05, 0) is 42.5 Å². The molecule has 3 aromatic carbocycles. The molecule has 5 aromatic rings. The molecule has 0 saturated carbocycles. The van der Waals surface area contributed by atoms with E-state index in [1.54, 1.807) is 0 Å². The van der Waals surface area contributed by atoms with Crippen LogP contribution in [0.4, 0.5) is 0 Å². The molecule has 3 heterocycles. The minimum Gasteiger partial charge on any atom is -0.455 e. The van der Waals surface area contributed by atoms with E-state index in [-0.39, 0.29) is 0 Å². The van der Waals surface area contributed by atoms with E-state index >= 15 is 0 Å². The average Bonchev–Trinajstić information content (AvgIpc) is 3.14. The van der Waals surface area contributed by atoms with Crippen molar-refractivity contribution in [3.63, 3.8) is 0 Å². The van der Waals surface area contributed by atoms with Crippen LogP contribution >= 0.6 is 11.6 Å². The Morgan fingerprint density at radius 1 is 0.583 bits per heavy atom. The molecule has 24 heavy (non-hydrogen) atoms. The predicted octanol–water partition coefficient (Wildman–Crippen LogP) is 6.73. The maximum Gasteiger partial charge on any atom is 0.170 e. The smallest absolute Gasteiger partial charge is 0.170 e. The number of ether oxygens (including phenoxy) is 2. The van der Waals surface area contributed by atoms with Gasteiger partial charge in [0.25, 0.3) is 0 Å². The summed E-state index contributed by atoms with van der Waals surface area (Å²) in [4.78, 5) is 0. The van der Waals surface area contributed by atoms with Crippen molar-refractivity contribution in [3.8, 4) is 23.0 Å². The molecule has 114 valence electrons. The molecule has 0 aliphatic carbocycles. The van der Waals surface area contributed by atoms with Gasteiger partial charge in [-0.25, -0.2) is 0 Å². The number of fused-ring (bicyclic) bond motifs is 10. The Hall–Kier alpha value is -2.91. The van der Waals surface area contributed by atoms with Gasteiger partial charge in [0.15, 0.2) is 23.0 Å². The molecule has 6 rings (SSSR count). The fourth-order valence-electron chi connectivity index (χ4n) is 3.47. The number of para-hydroxylation sites is 2. The summed E-state index contributed by atoms with van der Waals surface area (Å²) in [6.07, 6.45) is 0. The van der Waals surface area contributed by atoms with E-state index in [2.05, 4.69) is 0 Å². The van der Waals surface area contributed by atoms with Gasteiger partial charge in [-0.2, -0.15) is 0 Å². The second-order valence-corrected chi connectivity index (χ2v) is 6.38. The van der Waals surface area contributed by atoms with Crippen LogP contribution in [-0.2, 0) is 0 Å². The number of benzene rings is 4. The van der Waals surface area contributed by atoms with Crippen LogP contribution in [-0.4, -0.2) is 0 Å². The van der Waals surface area contributed by atoms with E-state index in [1.807, 2.05) is 54.6 Å². The lowest BCUT2D eigenvalue weighted by molar-refractivity contribution is 0.360. The highest BCUT2D eigenvalue weighted by atomic mass is 35.5. The second-order valence-electron chi connectivity index (χ2n) is 5.95. The number of rotatable bonds is 0. The Morgan fingerprint density at radius 2 is 1.17 bits per heavy atom. The first kappa shape index (κ1) is 12.5. The summed E-state index contributed by atoms with van der Waals surface area (Å²) in [5.41, 5.74) is 1.69. The molecule has 0 amide bonds. The molecule has 1 aliphatic rings. The summed E-state index contributed by atoms with van der Waals surface area (Å²) in [7, 11) is 0. The topological polar surface area (TPSA) is 31.6 Å². The highest BCUT2D eigenvalue weighted by Gasteiger charge is 2.24. The minimum absolute atomic E-state index is 0.695. The van der Waals surface area contributed by atoms with E-state index in [0.717, 1.165) is 44.2 Å². The highest BCUT2D eigenvalue weighted by Crippen LogP contribution is 2.50. The van der Waals surface area contributed by atoms with Crippen molar-refractivity contribution < 1.29 is 13.9 Å². The molecule has 2 bridgehead atoms. The first-order valence-electron chi connectivity index (χ1n) is 7.63. The van der Waals surface area contributed by atoms with Crippen molar-refractivity contribution >= 4 is 44.3 Å². The van der Waals surface area contributed by atoms with Crippen LogP contribution in [0.2, 0.25) is 5.02 Å². The quantitative estimate of drug-likeness (QED) is 0.289. The van der Waals surface area contributed by atoms with Crippen LogP contribution in [0, 0.1) is 0 Å². The van der Waals surface area contributed by atoms with Crippen LogP contribution in [0.5, 0.6) is 23.0 Å². The second kappa shape index (κ2) is 4.13. The third kappa shape index (κ3) is 1.47. The van der Waals surface area contributed by atoms with E-state index in [0.29, 0.717) is 16.5 Å². The molecular weight excluding hydrogens is 324 g/mol. The monoisotopic (exact) mass is 332 g/mol. The van der Waals surface area contributed by atoms with Gasteiger partial charge >= 0.3 is 0 Å². The Balaban J connectivity index is 1.67. The maximum absolute atomic E-state index is 6.14. The summed E-state index contributed by atoms with van der Waals surface area (Å²) in [5.74, 6) is 2.83. The van der Waals surface area contributed by atoms with E-state index in [9.17, 15) is 0 Å². The van der Waals surface area contributed by atoms with Crippen molar-refractivity contribution in [1.82, 2.24) is 0 Å². The van der Waals surface area contributed by atoms with Crippen molar-refractivity contribution in [3.05, 3.63) is 59.6 Å². The van der Waals surface area contributed by atoms with Crippen molar-refractivity contribution in [1.29, 1.82) is 0 Å². The minimum atomic E-state index is 0.695. The number of halogens is 1. The number of hydrogen-bond acceptors (Lipinski definition) is 3. The normalized spacial score (nSPS) is 13.0. The largest absolute Gasteiger partial charge is 0.455 e. The van der Waals surface area contributed by atoms with Gasteiger partial charge in [-0.3, -0.25) is 0 Å². The van der Waals surface area contributed by atoms with Gasteiger partial charge in [-0.15, -0.1) is 0 Å². The van der Waals surface area contributed by atoms with Gasteiger partial charge in [0.1, 0.15) is 11.2 Å². The van der Waals surface area contributed by atoms with Gasteiger partial charge < -0.3 is 13.9 Å². The standard InChI is InChI=1S/C20H9ClO3/c21-10-5-6-11-12(7-10)20-14-9-18-17(8-13(14)19(11)24-20)22-15-3-1-2-4-16(15)23-18/h1-9H. The molecule has 0 atom stereocenters. The molecule has 0 N–H and O–H groups in total. The molecule has 3 nitrogen and oxygen atoms in total. The zero-order valence-corrected chi connectivity index (χ0v) is 13.1. The van der Waals surface area contributed by atoms with Crippen molar-refractivity contribution in [2.45, 2.75) is 0 Å². The molecule has 2 aromatic heterocycles. The number of furan rings is 2. The summed E-state index contributed by atoms with van der Waals surface area (Å²) < 4.78 is 18.0. The Kier molecular flexibility index (Phi) is 2.15. The molecular formula is C20H9ClO3. The molecule has 1 aliphatic heterocycles. The predicted molar refractivity (Wildman–Crippen MR) is 94.0 cm³/mol. The zero-order chi connectivity index (χ0) is 15.8. The molecule has 4 heteroatoms. The van der Waals surface area contributed by atoms with Gasteiger partial charge in [0.05, 0.1) is 0 Å². The molecule has 0 saturated heterocycles. The van der Waals surface area contributed by atoms with E-state index in [1.165, 1.54) is 0 Å². The molecule has 0 radical (unpaired) electrons. The average molecular weight is 333 g/mol. The van der Waals surface area contributed by atoms with Crippen LogP contribution in [0.25, 0.3) is 32.7 Å². The lowest BCUT2D eigenvalue weighted by Crippen LogP contribution is -1.98. The third-order valence-electron chi connectivity index (χ3n) is 4.54. The van der Waals surface area contributed by atoms with Gasteiger partial charge in [0, 0.05) is 26.6 Å². The van der Waals surface area contributed by atoms with Crippen LogP contribution in [0.1, 0.15) is 0 Å². The summed E-state index contributed by atoms with van der Waals surface area (Å²) in [6, 6.07) is 17.4. The van der Waals surface area contributed by atoms with Crippen molar-refractivity contribution in [2.75, 3.05) is 0 Å². The summed E-state index contributed by atoms with van der Waals surface area (Å²) >= 11 is 6.14. The van der Waals surface area contributed by atoms with Crippen LogP contribution in [0.3, 0.4) is 0 Å². The van der Waals surface area contributed by atoms with E-state index in [4.69, 9.17) is 25.5 Å². The Bertz CT molecular complexity index is 1270. The fourth-order valence-corrected chi connectivity index (χ4v) is 3.64. The zero-order valence-electron chi connectivity index (χ0n) is 12.3. The van der Waals surface area contributed by atoms with Gasteiger partial charge in [0.2, 0.25) is 0 Å². The molecule has 0 fully saturated rings. The lowest BCUT2D eigenvalue weighted by Gasteiger charge is -2.20. The van der Waals surface area contributed by atoms with E-state index < -0.39 is 0 Å². The number of hydrogen-bond donors (Lipinski definition) is 0. The highest BCUT2D eigenvalue weighted by molar-refractivity contribution is 6.33. The molecule has 0 spiro atoms.